The van der Waals surface area contributed by atoms with Crippen LogP contribution in [0.1, 0.15) is 0 Å². The van der Waals surface area contributed by atoms with Crippen LogP contribution in [0.3, 0.4) is 0 Å². The van der Waals surface area contributed by atoms with Crippen LogP contribution in [-0.4, -0.2) is 4.68 Å². The second-order valence-electron chi connectivity index (χ2n) is 0.641. The first-order valence-electron chi connectivity index (χ1n) is 1.31. The third-order valence-electron chi connectivity index (χ3n) is 0.212. The Bertz CT molecular complexity index is 100. The van der Waals surface area contributed by atoms with E-state index in [2.05, 4.69) is 28.3 Å². The number of carbonyl (C=O) groups is 1. The molecular weight excluding hydrogens is 120 g/mol. The molecular formula is C4H3FeO. The van der Waals surface area contributed by atoms with E-state index in [-0.39, 0.29) is 4.68 Å². The average Bonchev–Trinajstić information content (AvgIpc) is 1.35. The van der Waals surface area contributed by atoms with Gasteiger partial charge in [0.25, 0.3) is 0 Å². The van der Waals surface area contributed by atoms with Crippen molar-refractivity contribution in [2.75, 3.05) is 0 Å². The third kappa shape index (κ3) is 3.71. The van der Waals surface area contributed by atoms with Crippen LogP contribution in [0.4, 0.5) is 0 Å². The Labute approximate surface area is 44.6 Å². The molecule has 0 saturated carbocycles. The predicted molar refractivity (Wildman–Crippen MR) is 18.7 cm³/mol. The van der Waals surface area contributed by atoms with E-state index in [4.69, 9.17) is 0 Å². The van der Waals surface area contributed by atoms with Crippen LogP contribution in [0.5, 0.6) is 0 Å². The van der Waals surface area contributed by atoms with Crippen molar-refractivity contribution in [2.24, 2.45) is 0 Å². The Kier molecular flexibility index (Phi) is 2.78. The zero-order chi connectivity index (χ0) is 4.99. The van der Waals surface area contributed by atoms with Crippen molar-refractivity contribution < 1.29 is 20.8 Å². The summed E-state index contributed by atoms with van der Waals surface area (Å²) in [5.41, 5.74) is 2.28. The van der Waals surface area contributed by atoms with Gasteiger partial charge in [0.1, 0.15) is 0 Å². The molecule has 0 heterocycles. The summed E-state index contributed by atoms with van der Waals surface area (Å²) in [6.07, 6.45) is 1.18. The molecule has 0 atom stereocenters. The maximum atomic E-state index is 9.77. The molecule has 0 unspecified atom stereocenters. The fourth-order valence-corrected chi connectivity index (χ4v) is 0.190. The third-order valence-corrected chi connectivity index (χ3v) is 0.371. The molecule has 0 rings (SSSR count). The van der Waals surface area contributed by atoms with Gasteiger partial charge in [0, 0.05) is 0 Å². The van der Waals surface area contributed by atoms with E-state index in [0.717, 1.165) is 0 Å². The molecule has 0 aromatic rings. The Morgan fingerprint density at radius 1 is 2.00 bits per heavy atom. The Balaban J connectivity index is 3.60. The van der Waals surface area contributed by atoms with Crippen LogP contribution in [0.2, 0.25) is 0 Å². The number of hydrogen-bond acceptors (Lipinski definition) is 1. The van der Waals surface area contributed by atoms with Gasteiger partial charge in [-0.3, -0.25) is 0 Å². The molecule has 33 valence electrons. The molecule has 0 fully saturated rings. The molecule has 0 radical (unpaired) electrons. The van der Waals surface area contributed by atoms with Crippen LogP contribution < -0.4 is 0 Å². The van der Waals surface area contributed by atoms with Gasteiger partial charge in [0.05, 0.1) is 0 Å². The van der Waals surface area contributed by atoms with Crippen molar-refractivity contribution in [3.63, 3.8) is 0 Å². The Hall–Kier alpha value is -0.291. The topological polar surface area (TPSA) is 17.1 Å². The van der Waals surface area contributed by atoms with Gasteiger partial charge in [-0.05, 0) is 0 Å². The maximum absolute atomic E-state index is 9.77. The number of carbonyl (C=O) groups excluding carboxylic acids is 1. The van der Waals surface area contributed by atoms with Crippen LogP contribution in [-0.2, 0) is 20.8 Å². The summed E-state index contributed by atoms with van der Waals surface area (Å²) < 4.78 is -0.259. The summed E-state index contributed by atoms with van der Waals surface area (Å²) in [4.78, 5) is 9.77. The molecule has 0 spiro atoms. The molecule has 6 heavy (non-hydrogen) atoms. The molecule has 0 aliphatic heterocycles. The summed E-state index contributed by atoms with van der Waals surface area (Å²) in [6.45, 7) is 3.16. The van der Waals surface area contributed by atoms with E-state index in [0.29, 0.717) is 0 Å². The molecule has 0 aromatic heterocycles. The second kappa shape index (κ2) is 2.92. The zero-order valence-corrected chi connectivity index (χ0v) is 4.15. The van der Waals surface area contributed by atoms with Gasteiger partial charge in [0.2, 0.25) is 0 Å². The van der Waals surface area contributed by atoms with E-state index in [1.54, 1.807) is 0 Å². The fourth-order valence-electron chi connectivity index (χ4n) is 0.0778. The fraction of sp³-hybridized carbons (Fsp3) is 0. The Morgan fingerprint density at radius 3 is 2.50 bits per heavy atom. The van der Waals surface area contributed by atoms with Gasteiger partial charge in [-0.1, -0.05) is 0 Å². The van der Waals surface area contributed by atoms with Crippen LogP contribution in [0.15, 0.2) is 18.4 Å². The van der Waals surface area contributed by atoms with Crippen molar-refractivity contribution in [1.29, 1.82) is 0 Å². The standard InChI is InChI=1S/C4H3O.Fe/c1-2-3-4-5;/h3H,1H2;. The Morgan fingerprint density at radius 2 is 2.50 bits per heavy atom. The van der Waals surface area contributed by atoms with Gasteiger partial charge < -0.3 is 0 Å². The average molecular weight is 123 g/mol. The molecule has 0 aliphatic rings. The van der Waals surface area contributed by atoms with E-state index in [9.17, 15) is 4.79 Å². The quantitative estimate of drug-likeness (QED) is 0.280. The summed E-state index contributed by atoms with van der Waals surface area (Å²) in [6, 6.07) is 0. The zero-order valence-electron chi connectivity index (χ0n) is 3.05. The van der Waals surface area contributed by atoms with Crippen LogP contribution in [0.25, 0.3) is 0 Å². The second-order valence-corrected chi connectivity index (χ2v) is 1.18. The van der Waals surface area contributed by atoms with E-state index >= 15 is 0 Å². The minimum absolute atomic E-state index is 0.259. The van der Waals surface area contributed by atoms with Gasteiger partial charge in [-0.15, -0.1) is 0 Å². The van der Waals surface area contributed by atoms with Gasteiger partial charge in [-0.25, -0.2) is 0 Å². The van der Waals surface area contributed by atoms with E-state index < -0.39 is 0 Å². The SMILES string of the molecule is C=C=C[C](=O)[Fe]. The molecule has 0 aliphatic carbocycles. The summed E-state index contributed by atoms with van der Waals surface area (Å²) in [7, 11) is 0. The summed E-state index contributed by atoms with van der Waals surface area (Å²) >= 11 is 3.03. The first-order chi connectivity index (χ1) is 2.77. The molecule has 1 nitrogen and oxygen atoms in total. The van der Waals surface area contributed by atoms with Gasteiger partial charge >= 0.3 is 43.9 Å². The molecule has 0 bridgehead atoms. The van der Waals surface area contributed by atoms with E-state index in [1.165, 1.54) is 6.08 Å². The van der Waals surface area contributed by atoms with Gasteiger partial charge in [-0.2, -0.15) is 0 Å². The normalized spacial score (nSPS) is 6.17. The van der Waals surface area contributed by atoms with Crippen molar-refractivity contribution in [1.82, 2.24) is 0 Å². The number of allylic oxidation sites excluding steroid dienone is 1. The summed E-state index contributed by atoms with van der Waals surface area (Å²) in [5, 5.41) is 0. The molecule has 0 amide bonds. The number of hydrogen-bond donors (Lipinski definition) is 0. The van der Waals surface area contributed by atoms with Crippen molar-refractivity contribution in [3.8, 4) is 0 Å². The first kappa shape index (κ1) is 5.71. The molecule has 0 N–H and O–H groups in total. The first-order valence-corrected chi connectivity index (χ1v) is 1.86. The molecule has 0 saturated heterocycles. The number of rotatable bonds is 1. The van der Waals surface area contributed by atoms with Gasteiger partial charge in [0.15, 0.2) is 0 Å². The van der Waals surface area contributed by atoms with Crippen LogP contribution >= 0.6 is 0 Å². The predicted octanol–water partition coefficient (Wildman–Crippen LogP) is 0.401. The molecule has 0 aromatic carbocycles. The minimum atomic E-state index is -0.259. The monoisotopic (exact) mass is 123 g/mol. The van der Waals surface area contributed by atoms with Crippen LogP contribution in [0, 0.1) is 0 Å². The van der Waals surface area contributed by atoms with Crippen molar-refractivity contribution in [2.45, 2.75) is 0 Å². The summed E-state index contributed by atoms with van der Waals surface area (Å²) in [5.74, 6) is 0. The van der Waals surface area contributed by atoms with Crippen molar-refractivity contribution >= 4 is 4.68 Å². The molecule has 2 heteroatoms. The van der Waals surface area contributed by atoms with Crippen molar-refractivity contribution in [3.05, 3.63) is 18.4 Å². The van der Waals surface area contributed by atoms with E-state index in [1.807, 2.05) is 0 Å².